The molecule has 0 amide bonds. The molecule has 2 aromatic rings. The highest BCUT2D eigenvalue weighted by Gasteiger charge is 2.90. The highest BCUT2D eigenvalue weighted by molar-refractivity contribution is 7.80. The van der Waals surface area contributed by atoms with Crippen molar-refractivity contribution in [3.05, 3.63) is 28.3 Å². The average Bonchev–Trinajstić information content (AvgIpc) is 3.47. The molecule has 2 bridgehead atoms. The van der Waals surface area contributed by atoms with Crippen molar-refractivity contribution < 1.29 is 52.2 Å². The fourth-order valence-corrected chi connectivity index (χ4v) is 7.33. The van der Waals surface area contributed by atoms with Crippen LogP contribution in [0.5, 0.6) is 17.2 Å². The molecule has 4 aliphatic heterocycles. The van der Waals surface area contributed by atoms with E-state index in [4.69, 9.17) is 37.9 Å². The fourth-order valence-electron chi connectivity index (χ4n) is 7.12. The van der Waals surface area contributed by atoms with E-state index in [1.54, 1.807) is 0 Å². The van der Waals surface area contributed by atoms with Crippen LogP contribution in [0.15, 0.2) is 6.07 Å². The summed E-state index contributed by atoms with van der Waals surface area (Å²) in [6.45, 7) is 2.37. The number of fused-ring (bicyclic) bond motifs is 6. The van der Waals surface area contributed by atoms with Crippen molar-refractivity contribution in [1.82, 2.24) is 0 Å². The molecular weight excluding hydrogens is 547 g/mol. The second kappa shape index (κ2) is 8.90. The minimum atomic E-state index is -2.87. The third-order valence-electron chi connectivity index (χ3n) is 8.94. The van der Waals surface area contributed by atoms with Gasteiger partial charge >= 0.3 is 11.6 Å². The molecule has 0 aromatic heterocycles. The fraction of sp³-hybridized carbons (Fsp3) is 0.607. The number of carbonyl (C=O) groups excluding carboxylic acids is 1. The number of methoxy groups -OCH3 is 3. The Morgan fingerprint density at radius 3 is 2.55 bits per heavy atom. The van der Waals surface area contributed by atoms with E-state index < -0.39 is 35.9 Å². The predicted molar refractivity (Wildman–Crippen MR) is 140 cm³/mol. The van der Waals surface area contributed by atoms with Crippen LogP contribution in [0.2, 0.25) is 0 Å². The predicted octanol–water partition coefficient (Wildman–Crippen LogP) is 3.51. The Bertz CT molecular complexity index is 1430. The standard InChI is InChI=1S/C28H31FO10S/c1-12-8-15-19(20(31)18-14(21(15)32-2)6-5-7-16(18)30)22-17(12)23-24-26(33-3,37-22)28(29,34-4)27(38-23,39-24)25-35-9-13(11-40)10-36-25/h8,13,23-25,31,40H,5-7,9-11H2,1-4H3/t13?,23-,24-,25?,26+,27-,28-/m0/s1. The molecule has 10 nitrogen and oxygen atoms in total. The molecular formula is C28H31FO10S. The molecule has 216 valence electrons. The number of phenolic OH excluding ortho intramolecular Hbond substituents is 1. The molecule has 1 aliphatic carbocycles. The highest BCUT2D eigenvalue weighted by atomic mass is 32.1. The Morgan fingerprint density at radius 2 is 1.90 bits per heavy atom. The number of aromatic hydroxyl groups is 1. The van der Waals surface area contributed by atoms with Crippen molar-refractivity contribution >= 4 is 29.2 Å². The van der Waals surface area contributed by atoms with Crippen molar-refractivity contribution in [2.75, 3.05) is 40.3 Å². The quantitative estimate of drug-likeness (QED) is 0.512. The topological polar surface area (TPSA) is 111 Å². The van der Waals surface area contributed by atoms with E-state index in [9.17, 15) is 9.90 Å². The van der Waals surface area contributed by atoms with Crippen molar-refractivity contribution in [3.8, 4) is 17.2 Å². The summed E-state index contributed by atoms with van der Waals surface area (Å²) < 4.78 is 65.5. The molecule has 0 spiro atoms. The summed E-state index contributed by atoms with van der Waals surface area (Å²) >= 11 is 4.31. The number of phenols is 1. The largest absolute Gasteiger partial charge is 0.506 e. The van der Waals surface area contributed by atoms with Gasteiger partial charge in [0.05, 0.1) is 31.3 Å². The minimum absolute atomic E-state index is 0.0132. The lowest BCUT2D eigenvalue weighted by Gasteiger charge is -2.52. The number of halogens is 1. The summed E-state index contributed by atoms with van der Waals surface area (Å²) in [4.78, 5) is 13.0. The van der Waals surface area contributed by atoms with E-state index in [2.05, 4.69) is 12.6 Å². The third-order valence-corrected chi connectivity index (χ3v) is 9.46. The number of ether oxygens (including phenoxy) is 8. The van der Waals surface area contributed by atoms with Crippen LogP contribution in [0.1, 0.15) is 46.0 Å². The molecule has 12 heteroatoms. The van der Waals surface area contributed by atoms with E-state index in [1.165, 1.54) is 14.2 Å². The lowest BCUT2D eigenvalue weighted by molar-refractivity contribution is -0.449. The van der Waals surface area contributed by atoms with Crippen molar-refractivity contribution in [2.45, 2.75) is 62.1 Å². The lowest BCUT2D eigenvalue weighted by Crippen LogP contribution is -2.74. The second-order valence-corrected chi connectivity index (χ2v) is 11.3. The van der Waals surface area contributed by atoms with Gasteiger partial charge in [0.1, 0.15) is 23.4 Å². The molecule has 5 atom stereocenters. The Kier molecular flexibility index (Phi) is 5.94. The molecule has 3 fully saturated rings. The van der Waals surface area contributed by atoms with Gasteiger partial charge in [-0.2, -0.15) is 17.0 Å². The summed E-state index contributed by atoms with van der Waals surface area (Å²) in [6.07, 6.45) is -1.80. The smallest absolute Gasteiger partial charge is 0.337 e. The summed E-state index contributed by atoms with van der Waals surface area (Å²) in [5.74, 6) is -6.56. The first-order valence-corrected chi connectivity index (χ1v) is 13.9. The zero-order chi connectivity index (χ0) is 28.2. The molecule has 5 aliphatic rings. The second-order valence-electron chi connectivity index (χ2n) is 10.9. The van der Waals surface area contributed by atoms with E-state index >= 15 is 4.39 Å². The van der Waals surface area contributed by atoms with Crippen LogP contribution in [0.4, 0.5) is 4.39 Å². The Hall–Kier alpha value is -2.19. The van der Waals surface area contributed by atoms with Crippen molar-refractivity contribution in [3.63, 3.8) is 0 Å². The van der Waals surface area contributed by atoms with Gasteiger partial charge < -0.3 is 43.0 Å². The molecule has 4 heterocycles. The maximum atomic E-state index is 17.4. The van der Waals surface area contributed by atoms with Gasteiger partial charge in [-0.05, 0) is 37.1 Å². The molecule has 2 aromatic carbocycles. The molecule has 7 rings (SSSR count). The molecule has 3 saturated heterocycles. The van der Waals surface area contributed by atoms with Crippen LogP contribution in [-0.2, 0) is 34.8 Å². The molecule has 0 radical (unpaired) electrons. The normalized spacial score (nSPS) is 37.8. The number of rotatable bonds is 5. The third kappa shape index (κ3) is 2.97. The monoisotopic (exact) mass is 578 g/mol. The SMILES string of the molecule is COc1c2c(c(O)c3c4c(c(C)cc13)[C@@H]1O[C@@]3(C5OCC(CS)CO5)O[C@@H]1[C@@](OC)(O4)[C@]3(F)OC)C(=O)CCC2. The Morgan fingerprint density at radius 1 is 1.15 bits per heavy atom. The van der Waals surface area contributed by atoms with Crippen LogP contribution in [0.3, 0.4) is 0 Å². The summed E-state index contributed by atoms with van der Waals surface area (Å²) in [5.41, 5.74) is 2.08. The van der Waals surface area contributed by atoms with Crippen LogP contribution in [-0.4, -0.2) is 81.0 Å². The van der Waals surface area contributed by atoms with Gasteiger partial charge in [0.25, 0.3) is 5.79 Å². The highest BCUT2D eigenvalue weighted by Crippen LogP contribution is 2.69. The van der Waals surface area contributed by atoms with Crippen LogP contribution in [0.25, 0.3) is 10.8 Å². The van der Waals surface area contributed by atoms with E-state index in [0.29, 0.717) is 47.3 Å². The minimum Gasteiger partial charge on any atom is -0.506 e. The van der Waals surface area contributed by atoms with Crippen LogP contribution < -0.4 is 9.47 Å². The number of aryl methyl sites for hydroxylation is 1. The lowest BCUT2D eigenvalue weighted by atomic mass is 9.80. The maximum Gasteiger partial charge on any atom is 0.337 e. The first-order valence-electron chi connectivity index (χ1n) is 13.3. The Labute approximate surface area is 235 Å². The van der Waals surface area contributed by atoms with Gasteiger partial charge in [0.2, 0.25) is 6.29 Å². The van der Waals surface area contributed by atoms with Crippen LogP contribution >= 0.6 is 12.6 Å². The number of thiol groups is 1. The van der Waals surface area contributed by atoms with Gasteiger partial charge in [0.15, 0.2) is 11.9 Å². The summed E-state index contributed by atoms with van der Waals surface area (Å²) in [6, 6.07) is 1.85. The van der Waals surface area contributed by atoms with Gasteiger partial charge in [-0.1, -0.05) is 0 Å². The number of hydrogen-bond donors (Lipinski definition) is 2. The summed E-state index contributed by atoms with van der Waals surface area (Å²) in [7, 11) is 3.96. The molecule has 0 unspecified atom stereocenters. The molecule has 0 saturated carbocycles. The Balaban J connectivity index is 1.47. The first-order chi connectivity index (χ1) is 19.2. The number of carbonyl (C=O) groups is 1. The van der Waals surface area contributed by atoms with Gasteiger partial charge in [-0.3, -0.25) is 4.79 Å². The zero-order valence-corrected chi connectivity index (χ0v) is 23.5. The number of Topliss-reactive ketones (excluding diaryl/α,β-unsaturated/α-hetero) is 1. The van der Waals surface area contributed by atoms with Gasteiger partial charge in [0, 0.05) is 43.1 Å². The van der Waals surface area contributed by atoms with E-state index in [-0.39, 0.29) is 47.4 Å². The average molecular weight is 579 g/mol. The summed E-state index contributed by atoms with van der Waals surface area (Å²) in [5, 5.41) is 12.3. The number of hydrogen-bond acceptors (Lipinski definition) is 11. The van der Waals surface area contributed by atoms with Crippen molar-refractivity contribution in [1.29, 1.82) is 0 Å². The molecule has 40 heavy (non-hydrogen) atoms. The number of ketones is 1. The van der Waals surface area contributed by atoms with E-state index in [0.717, 1.165) is 12.7 Å². The first kappa shape index (κ1) is 26.7. The maximum absolute atomic E-state index is 17.4. The number of benzene rings is 2. The van der Waals surface area contributed by atoms with Gasteiger partial charge in [-0.25, -0.2) is 0 Å². The molecule has 1 N–H and O–H groups in total. The zero-order valence-electron chi connectivity index (χ0n) is 22.6. The van der Waals surface area contributed by atoms with Crippen molar-refractivity contribution in [2.24, 2.45) is 5.92 Å². The van der Waals surface area contributed by atoms with Crippen LogP contribution in [0, 0.1) is 12.8 Å². The van der Waals surface area contributed by atoms with Gasteiger partial charge in [-0.15, -0.1) is 0 Å². The number of alkyl halides is 1. The van der Waals surface area contributed by atoms with E-state index in [1.807, 2.05) is 13.0 Å².